The van der Waals surface area contributed by atoms with Gasteiger partial charge in [-0.25, -0.2) is 0 Å². The van der Waals surface area contributed by atoms with Crippen LogP contribution in [0.4, 0.5) is 0 Å². The third-order valence-electron chi connectivity index (χ3n) is 3.47. The molecule has 0 aliphatic heterocycles. The first-order valence-electron chi connectivity index (χ1n) is 5.54. The highest BCUT2D eigenvalue weighted by Crippen LogP contribution is 2.34. The van der Waals surface area contributed by atoms with Crippen molar-refractivity contribution in [2.24, 2.45) is 11.8 Å². The van der Waals surface area contributed by atoms with Gasteiger partial charge in [-0.3, -0.25) is 0 Å². The van der Waals surface area contributed by atoms with E-state index < -0.39 is 0 Å². The van der Waals surface area contributed by atoms with Crippen molar-refractivity contribution in [2.75, 3.05) is 0 Å². The summed E-state index contributed by atoms with van der Waals surface area (Å²) in [7, 11) is 0. The van der Waals surface area contributed by atoms with E-state index in [4.69, 9.17) is 0 Å². The van der Waals surface area contributed by atoms with Gasteiger partial charge in [0, 0.05) is 0 Å². The molecule has 0 amide bonds. The molecule has 68 valence electrons. The van der Waals surface area contributed by atoms with Crippen LogP contribution in [0.3, 0.4) is 0 Å². The van der Waals surface area contributed by atoms with Crippen molar-refractivity contribution in [1.29, 1.82) is 0 Å². The van der Waals surface area contributed by atoms with Crippen molar-refractivity contribution in [3.63, 3.8) is 0 Å². The fourth-order valence-electron chi connectivity index (χ4n) is 2.74. The first kappa shape index (κ1) is 8.34. The highest BCUT2D eigenvalue weighted by molar-refractivity contribution is 5.11. The van der Waals surface area contributed by atoms with Crippen molar-refractivity contribution >= 4 is 0 Å². The standard InChI is InChI=1S/C12H20/c1-10-6-7-12(8-10)9-11-4-2-3-5-11/h8,10-11H,2-7,9H2,1H3. The largest absolute Gasteiger partial charge is 0.0825 e. The quantitative estimate of drug-likeness (QED) is 0.543. The van der Waals surface area contributed by atoms with Crippen LogP contribution in [0.2, 0.25) is 0 Å². The summed E-state index contributed by atoms with van der Waals surface area (Å²) in [6.07, 6.45) is 12.8. The topological polar surface area (TPSA) is 0 Å². The maximum absolute atomic E-state index is 2.53. The molecular weight excluding hydrogens is 144 g/mol. The minimum atomic E-state index is 0.876. The summed E-state index contributed by atoms with van der Waals surface area (Å²) in [4.78, 5) is 0. The lowest BCUT2D eigenvalue weighted by molar-refractivity contribution is 0.536. The van der Waals surface area contributed by atoms with E-state index in [0.29, 0.717) is 0 Å². The highest BCUT2D eigenvalue weighted by Gasteiger charge is 2.19. The maximum Gasteiger partial charge on any atom is -0.0256 e. The van der Waals surface area contributed by atoms with E-state index in [9.17, 15) is 0 Å². The first-order chi connectivity index (χ1) is 5.84. The Kier molecular flexibility index (Phi) is 2.53. The lowest BCUT2D eigenvalue weighted by Gasteiger charge is -2.08. The lowest BCUT2D eigenvalue weighted by Crippen LogP contribution is -1.93. The average Bonchev–Trinajstić information content (AvgIpc) is 2.63. The molecule has 1 saturated carbocycles. The van der Waals surface area contributed by atoms with Crippen LogP contribution in [0.25, 0.3) is 0 Å². The number of allylic oxidation sites excluding steroid dienone is 2. The summed E-state index contributed by atoms with van der Waals surface area (Å²) in [5, 5.41) is 0. The van der Waals surface area contributed by atoms with E-state index in [1.165, 1.54) is 44.9 Å². The van der Waals surface area contributed by atoms with Gasteiger partial charge in [-0.1, -0.05) is 44.3 Å². The van der Waals surface area contributed by atoms with E-state index in [0.717, 1.165) is 11.8 Å². The summed E-state index contributed by atoms with van der Waals surface area (Å²) in [6.45, 7) is 2.35. The van der Waals surface area contributed by atoms with E-state index in [-0.39, 0.29) is 0 Å². The summed E-state index contributed by atoms with van der Waals surface area (Å²) >= 11 is 0. The van der Waals surface area contributed by atoms with E-state index in [1.807, 2.05) is 0 Å². The van der Waals surface area contributed by atoms with Crippen LogP contribution < -0.4 is 0 Å². The number of hydrogen-bond donors (Lipinski definition) is 0. The van der Waals surface area contributed by atoms with E-state index in [2.05, 4.69) is 13.0 Å². The van der Waals surface area contributed by atoms with Gasteiger partial charge in [-0.05, 0) is 31.1 Å². The maximum atomic E-state index is 2.53. The highest BCUT2D eigenvalue weighted by atomic mass is 14.2. The number of hydrogen-bond acceptors (Lipinski definition) is 0. The molecular formula is C12H20. The van der Waals surface area contributed by atoms with Crippen LogP contribution in [0.5, 0.6) is 0 Å². The molecule has 0 N–H and O–H groups in total. The van der Waals surface area contributed by atoms with Gasteiger partial charge < -0.3 is 0 Å². The third kappa shape index (κ3) is 1.91. The van der Waals surface area contributed by atoms with Crippen molar-refractivity contribution in [3.05, 3.63) is 11.6 Å². The predicted molar refractivity (Wildman–Crippen MR) is 53.1 cm³/mol. The van der Waals surface area contributed by atoms with Gasteiger partial charge >= 0.3 is 0 Å². The summed E-state index contributed by atoms with van der Waals surface area (Å²) in [5.41, 5.74) is 1.77. The van der Waals surface area contributed by atoms with Gasteiger partial charge in [0.15, 0.2) is 0 Å². The minimum Gasteiger partial charge on any atom is -0.0825 e. The van der Waals surface area contributed by atoms with Gasteiger partial charge in [-0.2, -0.15) is 0 Å². The van der Waals surface area contributed by atoms with Gasteiger partial charge in [0.2, 0.25) is 0 Å². The van der Waals surface area contributed by atoms with Crippen molar-refractivity contribution in [1.82, 2.24) is 0 Å². The molecule has 2 aliphatic carbocycles. The molecule has 2 aliphatic rings. The zero-order chi connectivity index (χ0) is 8.39. The summed E-state index contributed by atoms with van der Waals surface area (Å²) < 4.78 is 0. The Morgan fingerprint density at radius 2 is 2.00 bits per heavy atom. The fourth-order valence-corrected chi connectivity index (χ4v) is 2.74. The SMILES string of the molecule is CC1C=C(CC2CCCC2)CC1. The van der Waals surface area contributed by atoms with Gasteiger partial charge in [0.1, 0.15) is 0 Å². The molecule has 12 heavy (non-hydrogen) atoms. The summed E-state index contributed by atoms with van der Waals surface area (Å²) in [5.74, 6) is 1.93. The molecule has 0 bridgehead atoms. The molecule has 0 radical (unpaired) electrons. The monoisotopic (exact) mass is 164 g/mol. The molecule has 1 fully saturated rings. The molecule has 2 rings (SSSR count). The molecule has 0 saturated heterocycles. The molecule has 0 aromatic carbocycles. The predicted octanol–water partition coefficient (Wildman–Crippen LogP) is 3.92. The molecule has 0 spiro atoms. The van der Waals surface area contributed by atoms with Crippen molar-refractivity contribution in [3.8, 4) is 0 Å². The Balaban J connectivity index is 1.82. The van der Waals surface area contributed by atoms with Crippen molar-refractivity contribution in [2.45, 2.75) is 51.9 Å². The Morgan fingerprint density at radius 3 is 2.58 bits per heavy atom. The smallest absolute Gasteiger partial charge is 0.0256 e. The summed E-state index contributed by atoms with van der Waals surface area (Å²) in [6, 6.07) is 0. The second-order valence-electron chi connectivity index (χ2n) is 4.70. The van der Waals surface area contributed by atoms with Crippen LogP contribution >= 0.6 is 0 Å². The van der Waals surface area contributed by atoms with E-state index >= 15 is 0 Å². The second kappa shape index (κ2) is 3.64. The van der Waals surface area contributed by atoms with Crippen LogP contribution in [-0.2, 0) is 0 Å². The molecule has 1 unspecified atom stereocenters. The normalized spacial score (nSPS) is 31.1. The third-order valence-corrected chi connectivity index (χ3v) is 3.47. The molecule has 0 heterocycles. The molecule has 0 heteroatoms. The fraction of sp³-hybridized carbons (Fsp3) is 0.833. The van der Waals surface area contributed by atoms with Gasteiger partial charge in [0.05, 0.1) is 0 Å². The average molecular weight is 164 g/mol. The molecule has 0 aromatic heterocycles. The zero-order valence-electron chi connectivity index (χ0n) is 8.18. The number of rotatable bonds is 2. The Labute approximate surface area is 76.1 Å². The van der Waals surface area contributed by atoms with Crippen LogP contribution in [-0.4, -0.2) is 0 Å². The van der Waals surface area contributed by atoms with Crippen LogP contribution in [0, 0.1) is 11.8 Å². The van der Waals surface area contributed by atoms with Crippen LogP contribution in [0.1, 0.15) is 51.9 Å². The second-order valence-corrected chi connectivity index (χ2v) is 4.70. The van der Waals surface area contributed by atoms with E-state index in [1.54, 1.807) is 5.57 Å². The Bertz CT molecular complexity index is 172. The Hall–Kier alpha value is -0.260. The molecule has 0 nitrogen and oxygen atoms in total. The van der Waals surface area contributed by atoms with Gasteiger partial charge in [-0.15, -0.1) is 0 Å². The van der Waals surface area contributed by atoms with Gasteiger partial charge in [0.25, 0.3) is 0 Å². The minimum absolute atomic E-state index is 0.876. The zero-order valence-corrected chi connectivity index (χ0v) is 8.18. The molecule has 1 atom stereocenters. The van der Waals surface area contributed by atoms with Crippen LogP contribution in [0.15, 0.2) is 11.6 Å². The lowest BCUT2D eigenvalue weighted by atomic mass is 9.98. The van der Waals surface area contributed by atoms with Crippen molar-refractivity contribution < 1.29 is 0 Å². The first-order valence-corrected chi connectivity index (χ1v) is 5.54. The Morgan fingerprint density at radius 1 is 1.25 bits per heavy atom. The molecule has 0 aromatic rings.